The van der Waals surface area contributed by atoms with E-state index in [2.05, 4.69) is 20.4 Å². The summed E-state index contributed by atoms with van der Waals surface area (Å²) in [4.78, 5) is 26.4. The molecule has 0 saturated carbocycles. The maximum absolute atomic E-state index is 12.7. The average molecular weight is 401 g/mol. The van der Waals surface area contributed by atoms with Crippen LogP contribution in [0.25, 0.3) is 11.3 Å². The first-order chi connectivity index (χ1) is 14.6. The topological polar surface area (TPSA) is 101 Å². The first-order valence-electron chi connectivity index (χ1n) is 9.95. The van der Waals surface area contributed by atoms with Crippen molar-refractivity contribution in [1.82, 2.24) is 10.2 Å². The zero-order valence-electron chi connectivity index (χ0n) is 16.5. The molecule has 7 heteroatoms. The Morgan fingerprint density at radius 1 is 0.900 bits per heavy atom. The summed E-state index contributed by atoms with van der Waals surface area (Å²) in [5.41, 5.74) is 8.03. The number of carbonyl (C=O) groups is 2. The van der Waals surface area contributed by atoms with Gasteiger partial charge >= 0.3 is 0 Å². The Morgan fingerprint density at radius 3 is 2.27 bits per heavy atom. The molecule has 152 valence electrons. The summed E-state index contributed by atoms with van der Waals surface area (Å²) < 4.78 is 0. The molecule has 0 radical (unpaired) electrons. The Hall–Kier alpha value is -3.74. The number of carbonyl (C=O) groups excluding carboxylic acids is 2. The van der Waals surface area contributed by atoms with E-state index in [0.29, 0.717) is 24.1 Å². The van der Waals surface area contributed by atoms with Crippen LogP contribution < -0.4 is 16.0 Å². The van der Waals surface area contributed by atoms with E-state index in [0.717, 1.165) is 30.2 Å². The molecule has 1 fully saturated rings. The Labute approximate surface area is 174 Å². The Bertz CT molecular complexity index is 1030. The van der Waals surface area contributed by atoms with Crippen LogP contribution in [0.3, 0.4) is 0 Å². The maximum atomic E-state index is 12.7. The number of para-hydroxylation sites is 1. The predicted molar refractivity (Wildman–Crippen MR) is 116 cm³/mol. The van der Waals surface area contributed by atoms with Crippen LogP contribution >= 0.6 is 0 Å². The van der Waals surface area contributed by atoms with Crippen LogP contribution in [-0.4, -0.2) is 35.1 Å². The fourth-order valence-corrected chi connectivity index (χ4v) is 3.67. The lowest BCUT2D eigenvalue weighted by Gasteiger charge is -2.32. The number of aromatic nitrogens is 2. The number of hydrogen-bond acceptors (Lipinski definition) is 5. The number of nitrogens with zero attached hydrogens (tertiary/aromatic N) is 3. The summed E-state index contributed by atoms with van der Waals surface area (Å²) in [5, 5.41) is 11.6. The second-order valence-electron chi connectivity index (χ2n) is 7.30. The monoisotopic (exact) mass is 401 g/mol. The summed E-state index contributed by atoms with van der Waals surface area (Å²) >= 11 is 0. The molecule has 2 heterocycles. The number of anilines is 2. The van der Waals surface area contributed by atoms with Crippen LogP contribution in [0, 0.1) is 5.92 Å². The average Bonchev–Trinajstić information content (AvgIpc) is 2.80. The molecule has 3 aromatic rings. The third-order valence-corrected chi connectivity index (χ3v) is 5.36. The quantitative estimate of drug-likeness (QED) is 0.684. The Balaban J connectivity index is 1.36. The molecule has 2 amide bonds. The molecule has 1 aliphatic heterocycles. The number of hydrogen-bond donors (Lipinski definition) is 2. The smallest absolute Gasteiger partial charge is 0.250 e. The molecule has 1 saturated heterocycles. The summed E-state index contributed by atoms with van der Waals surface area (Å²) in [6.07, 6.45) is 1.40. The fourth-order valence-electron chi connectivity index (χ4n) is 3.67. The zero-order valence-corrected chi connectivity index (χ0v) is 16.5. The van der Waals surface area contributed by atoms with E-state index in [4.69, 9.17) is 5.73 Å². The molecule has 0 spiro atoms. The van der Waals surface area contributed by atoms with Crippen LogP contribution in [0.15, 0.2) is 66.7 Å². The minimum Gasteiger partial charge on any atom is -0.366 e. The molecule has 1 aromatic heterocycles. The van der Waals surface area contributed by atoms with Crippen molar-refractivity contribution in [2.24, 2.45) is 11.7 Å². The molecule has 7 nitrogen and oxygen atoms in total. The molecule has 30 heavy (non-hydrogen) atoms. The Morgan fingerprint density at radius 2 is 1.60 bits per heavy atom. The van der Waals surface area contributed by atoms with Crippen molar-refractivity contribution in [1.29, 1.82) is 0 Å². The van der Waals surface area contributed by atoms with Gasteiger partial charge in [0.2, 0.25) is 5.91 Å². The van der Waals surface area contributed by atoms with E-state index in [-0.39, 0.29) is 11.8 Å². The van der Waals surface area contributed by atoms with Gasteiger partial charge in [0.15, 0.2) is 5.82 Å². The maximum Gasteiger partial charge on any atom is 0.250 e. The van der Waals surface area contributed by atoms with Gasteiger partial charge in [-0.15, -0.1) is 10.2 Å². The minimum atomic E-state index is -0.557. The normalized spacial score (nSPS) is 14.3. The van der Waals surface area contributed by atoms with E-state index >= 15 is 0 Å². The number of amides is 2. The third-order valence-electron chi connectivity index (χ3n) is 5.36. The van der Waals surface area contributed by atoms with Gasteiger partial charge in [0.25, 0.3) is 5.91 Å². The molecule has 0 bridgehead atoms. The minimum absolute atomic E-state index is 0.0890. The van der Waals surface area contributed by atoms with E-state index in [1.54, 1.807) is 24.3 Å². The van der Waals surface area contributed by atoms with E-state index in [1.807, 2.05) is 42.5 Å². The van der Waals surface area contributed by atoms with Crippen LogP contribution in [0.2, 0.25) is 0 Å². The van der Waals surface area contributed by atoms with Crippen molar-refractivity contribution in [2.45, 2.75) is 12.8 Å². The number of piperidine rings is 1. The first-order valence-corrected chi connectivity index (χ1v) is 9.95. The van der Waals surface area contributed by atoms with Crippen LogP contribution in [0.4, 0.5) is 11.5 Å². The van der Waals surface area contributed by atoms with Crippen LogP contribution in [0.5, 0.6) is 0 Å². The van der Waals surface area contributed by atoms with Gasteiger partial charge in [0.05, 0.1) is 16.9 Å². The second-order valence-corrected chi connectivity index (χ2v) is 7.30. The summed E-state index contributed by atoms with van der Waals surface area (Å²) in [6.45, 7) is 1.43. The third kappa shape index (κ3) is 4.30. The highest BCUT2D eigenvalue weighted by Crippen LogP contribution is 2.25. The van der Waals surface area contributed by atoms with Crippen molar-refractivity contribution in [3.63, 3.8) is 0 Å². The number of benzene rings is 2. The summed E-state index contributed by atoms with van der Waals surface area (Å²) in [7, 11) is 0. The highest BCUT2D eigenvalue weighted by molar-refractivity contribution is 6.03. The molecule has 0 aliphatic carbocycles. The van der Waals surface area contributed by atoms with Crippen molar-refractivity contribution < 1.29 is 9.59 Å². The van der Waals surface area contributed by atoms with Crippen molar-refractivity contribution >= 4 is 23.3 Å². The lowest BCUT2D eigenvalue weighted by molar-refractivity contribution is -0.120. The zero-order chi connectivity index (χ0) is 20.9. The lowest BCUT2D eigenvalue weighted by Crippen LogP contribution is -2.38. The number of nitrogens with two attached hydrogens (primary N) is 1. The van der Waals surface area contributed by atoms with Crippen molar-refractivity contribution in [3.05, 3.63) is 72.3 Å². The van der Waals surface area contributed by atoms with Crippen LogP contribution in [0.1, 0.15) is 23.2 Å². The standard InChI is InChI=1S/C23H23N5O2/c24-22(29)18-8-4-5-9-20(18)25-23(30)17-12-14-28(15-13-17)21-11-10-19(26-27-21)16-6-2-1-3-7-16/h1-11,17H,12-15H2,(H2,24,29)(H,25,30). The van der Waals surface area contributed by atoms with Gasteiger partial charge < -0.3 is 16.0 Å². The first kappa shape index (κ1) is 19.6. The number of rotatable bonds is 5. The molecule has 3 N–H and O–H groups in total. The van der Waals surface area contributed by atoms with Gasteiger partial charge in [-0.2, -0.15) is 0 Å². The van der Waals surface area contributed by atoms with Gasteiger partial charge in [-0.25, -0.2) is 0 Å². The molecule has 4 rings (SSSR count). The highest BCUT2D eigenvalue weighted by Gasteiger charge is 2.26. The van der Waals surface area contributed by atoms with Gasteiger partial charge in [0, 0.05) is 24.6 Å². The van der Waals surface area contributed by atoms with Gasteiger partial charge in [0.1, 0.15) is 0 Å². The van der Waals surface area contributed by atoms with E-state index < -0.39 is 5.91 Å². The summed E-state index contributed by atoms with van der Waals surface area (Å²) in [6, 6.07) is 20.7. The van der Waals surface area contributed by atoms with Gasteiger partial charge in [-0.05, 0) is 37.1 Å². The highest BCUT2D eigenvalue weighted by atomic mass is 16.2. The van der Waals surface area contributed by atoms with Crippen molar-refractivity contribution in [3.8, 4) is 11.3 Å². The second kappa shape index (κ2) is 8.73. The molecular weight excluding hydrogens is 378 g/mol. The molecule has 1 aliphatic rings. The Kier molecular flexibility index (Phi) is 5.70. The number of primary amides is 1. The SMILES string of the molecule is NC(=O)c1ccccc1NC(=O)C1CCN(c2ccc(-c3ccccc3)nn2)CC1. The van der Waals surface area contributed by atoms with E-state index in [1.165, 1.54) is 0 Å². The molecule has 2 aromatic carbocycles. The molecular formula is C23H23N5O2. The van der Waals surface area contributed by atoms with Gasteiger partial charge in [-0.3, -0.25) is 9.59 Å². The van der Waals surface area contributed by atoms with E-state index in [9.17, 15) is 9.59 Å². The van der Waals surface area contributed by atoms with Crippen molar-refractivity contribution in [2.75, 3.05) is 23.3 Å². The lowest BCUT2D eigenvalue weighted by atomic mass is 9.95. The predicted octanol–water partition coefficient (Wildman–Crippen LogP) is 3.10. The number of nitrogens with one attached hydrogen (secondary N) is 1. The fraction of sp³-hybridized carbons (Fsp3) is 0.217. The van der Waals surface area contributed by atoms with Gasteiger partial charge in [-0.1, -0.05) is 42.5 Å². The van der Waals surface area contributed by atoms with Crippen LogP contribution in [-0.2, 0) is 4.79 Å². The largest absolute Gasteiger partial charge is 0.366 e. The summed E-state index contributed by atoms with van der Waals surface area (Å²) in [5.74, 6) is 0.0402. The molecule has 0 atom stereocenters. The molecule has 0 unspecified atom stereocenters.